The maximum atomic E-state index is 2.43. The van der Waals surface area contributed by atoms with Crippen LogP contribution in [0.1, 0.15) is 12.5 Å². The molecular formula is C8H8I2. The van der Waals surface area contributed by atoms with Gasteiger partial charge in [0.25, 0.3) is 0 Å². The Morgan fingerprint density at radius 2 is 1.60 bits per heavy atom. The fourth-order valence-electron chi connectivity index (χ4n) is 0.731. The monoisotopic (exact) mass is 358 g/mol. The van der Waals surface area contributed by atoms with Crippen molar-refractivity contribution < 1.29 is 0 Å². The molecule has 0 spiro atoms. The minimum atomic E-state index is 0.233. The Hall–Kier alpha value is 0.680. The van der Waals surface area contributed by atoms with Gasteiger partial charge in [-0.15, -0.1) is 0 Å². The Bertz CT molecular complexity index is 198. The molecule has 0 aromatic heterocycles. The summed E-state index contributed by atoms with van der Waals surface area (Å²) in [5.41, 5.74) is 1.37. The smallest absolute Gasteiger partial charge is 0.0622 e. The van der Waals surface area contributed by atoms with Crippen molar-refractivity contribution in [2.75, 3.05) is 0 Å². The highest BCUT2D eigenvalue weighted by Gasteiger charge is 2.16. The van der Waals surface area contributed by atoms with Crippen molar-refractivity contribution >= 4 is 45.2 Å². The number of hydrogen-bond acceptors (Lipinski definition) is 0. The lowest BCUT2D eigenvalue weighted by Crippen LogP contribution is -1.99. The molecule has 0 saturated heterocycles. The van der Waals surface area contributed by atoms with E-state index in [4.69, 9.17) is 0 Å². The summed E-state index contributed by atoms with van der Waals surface area (Å²) in [4.78, 5) is 0. The predicted octanol–water partition coefficient (Wildman–Crippen LogP) is 3.73. The number of benzene rings is 1. The van der Waals surface area contributed by atoms with E-state index in [-0.39, 0.29) is 1.43 Å². The van der Waals surface area contributed by atoms with Crippen molar-refractivity contribution in [3.05, 3.63) is 35.9 Å². The van der Waals surface area contributed by atoms with Gasteiger partial charge >= 0.3 is 0 Å². The molecule has 0 saturated carbocycles. The molecule has 0 unspecified atom stereocenters. The molecule has 0 bridgehead atoms. The Labute approximate surface area is 88.7 Å². The Morgan fingerprint density at radius 3 is 1.90 bits per heavy atom. The molecule has 0 radical (unpaired) electrons. The summed E-state index contributed by atoms with van der Waals surface area (Å²) in [6.45, 7) is 2.20. The molecule has 0 aliphatic rings. The quantitative estimate of drug-likeness (QED) is 0.530. The SMILES string of the molecule is CC(I)(I)c1ccccc1. The largest absolute Gasteiger partial charge is 0.0954 e. The second-order valence-electron chi connectivity index (χ2n) is 2.25. The molecule has 0 amide bonds. The normalized spacial score (nSPS) is 11.5. The number of rotatable bonds is 1. The van der Waals surface area contributed by atoms with Gasteiger partial charge in [0, 0.05) is 0 Å². The van der Waals surface area contributed by atoms with E-state index in [1.807, 2.05) is 6.07 Å². The predicted molar refractivity (Wildman–Crippen MR) is 61.8 cm³/mol. The first-order valence-electron chi connectivity index (χ1n) is 3.04. The van der Waals surface area contributed by atoms with Gasteiger partial charge in [-0.1, -0.05) is 75.5 Å². The van der Waals surface area contributed by atoms with Crippen LogP contribution in [-0.4, -0.2) is 0 Å². The number of halogens is 2. The number of hydrogen-bond donors (Lipinski definition) is 0. The summed E-state index contributed by atoms with van der Waals surface area (Å²) in [5, 5.41) is 0. The summed E-state index contributed by atoms with van der Waals surface area (Å²) in [7, 11) is 0. The lowest BCUT2D eigenvalue weighted by molar-refractivity contribution is 1.11. The summed E-state index contributed by atoms with van der Waals surface area (Å²) in [6, 6.07) is 10.5. The van der Waals surface area contributed by atoms with Crippen LogP contribution in [-0.2, 0) is 1.43 Å². The fraction of sp³-hybridized carbons (Fsp3) is 0.250. The molecule has 0 aliphatic heterocycles. The molecule has 0 N–H and O–H groups in total. The highest BCUT2D eigenvalue weighted by atomic mass is 127. The summed E-state index contributed by atoms with van der Waals surface area (Å²) >= 11 is 4.86. The summed E-state index contributed by atoms with van der Waals surface area (Å²) < 4.78 is 0.233. The van der Waals surface area contributed by atoms with Crippen LogP contribution in [0.3, 0.4) is 0 Å². The third kappa shape index (κ3) is 2.38. The van der Waals surface area contributed by atoms with Crippen LogP contribution in [0.15, 0.2) is 30.3 Å². The van der Waals surface area contributed by atoms with Crippen LogP contribution < -0.4 is 0 Å². The molecular weight excluding hydrogens is 350 g/mol. The Kier molecular flexibility index (Phi) is 2.97. The van der Waals surface area contributed by atoms with Gasteiger partial charge in [0.2, 0.25) is 0 Å². The first-order chi connectivity index (χ1) is 4.61. The molecule has 0 nitrogen and oxygen atoms in total. The van der Waals surface area contributed by atoms with E-state index in [1.165, 1.54) is 5.56 Å². The number of alkyl halides is 2. The maximum absolute atomic E-state index is 2.43. The zero-order valence-corrected chi connectivity index (χ0v) is 9.96. The van der Waals surface area contributed by atoms with Gasteiger partial charge < -0.3 is 0 Å². The zero-order valence-electron chi connectivity index (χ0n) is 5.64. The van der Waals surface area contributed by atoms with Crippen molar-refractivity contribution in [1.82, 2.24) is 0 Å². The van der Waals surface area contributed by atoms with Crippen LogP contribution >= 0.6 is 45.2 Å². The molecule has 2 heteroatoms. The molecule has 1 aromatic carbocycles. The van der Waals surface area contributed by atoms with Crippen molar-refractivity contribution in [1.29, 1.82) is 0 Å². The first-order valence-corrected chi connectivity index (χ1v) is 5.20. The van der Waals surface area contributed by atoms with Crippen molar-refractivity contribution in [3.8, 4) is 0 Å². The van der Waals surface area contributed by atoms with Gasteiger partial charge in [-0.2, -0.15) is 0 Å². The first kappa shape index (κ1) is 8.77. The standard InChI is InChI=1S/C8H8I2/c1-8(9,10)7-5-3-2-4-6-7/h2-6H,1H3. The van der Waals surface area contributed by atoms with Crippen LogP contribution in [0.2, 0.25) is 0 Å². The van der Waals surface area contributed by atoms with Gasteiger partial charge in [-0.3, -0.25) is 0 Å². The third-order valence-corrected chi connectivity index (χ3v) is 2.53. The van der Waals surface area contributed by atoms with Crippen LogP contribution in [0, 0.1) is 0 Å². The average molecular weight is 358 g/mol. The summed E-state index contributed by atoms with van der Waals surface area (Å²) in [6.07, 6.45) is 0. The van der Waals surface area contributed by atoms with E-state index in [9.17, 15) is 0 Å². The topological polar surface area (TPSA) is 0 Å². The minimum Gasteiger partial charge on any atom is -0.0622 e. The van der Waals surface area contributed by atoms with Gasteiger partial charge in [-0.05, 0) is 12.5 Å². The van der Waals surface area contributed by atoms with E-state index in [1.54, 1.807) is 0 Å². The van der Waals surface area contributed by atoms with E-state index >= 15 is 0 Å². The molecule has 54 valence electrons. The van der Waals surface area contributed by atoms with Crippen molar-refractivity contribution in [2.24, 2.45) is 0 Å². The highest BCUT2D eigenvalue weighted by molar-refractivity contribution is 14.2. The maximum Gasteiger partial charge on any atom is 0.0954 e. The molecule has 0 fully saturated rings. The van der Waals surface area contributed by atoms with Gasteiger partial charge in [0.1, 0.15) is 0 Å². The van der Waals surface area contributed by atoms with Crippen LogP contribution in [0.5, 0.6) is 0 Å². The zero-order chi connectivity index (χ0) is 7.61. The van der Waals surface area contributed by atoms with E-state index in [0.29, 0.717) is 0 Å². The van der Waals surface area contributed by atoms with E-state index in [0.717, 1.165) is 0 Å². The molecule has 1 rings (SSSR count). The lowest BCUT2D eigenvalue weighted by atomic mass is 10.2. The highest BCUT2D eigenvalue weighted by Crippen LogP contribution is 2.37. The average Bonchev–Trinajstić information content (AvgIpc) is 1.88. The fourth-order valence-corrected chi connectivity index (χ4v) is 1.45. The van der Waals surface area contributed by atoms with Gasteiger partial charge in [0.05, 0.1) is 1.43 Å². The Balaban J connectivity index is 2.97. The van der Waals surface area contributed by atoms with Gasteiger partial charge in [0.15, 0.2) is 0 Å². The summed E-state index contributed by atoms with van der Waals surface area (Å²) in [5.74, 6) is 0. The molecule has 0 atom stereocenters. The van der Waals surface area contributed by atoms with Crippen LogP contribution in [0.25, 0.3) is 0 Å². The second kappa shape index (κ2) is 3.38. The third-order valence-electron chi connectivity index (χ3n) is 1.28. The van der Waals surface area contributed by atoms with E-state index < -0.39 is 0 Å². The van der Waals surface area contributed by atoms with E-state index in [2.05, 4.69) is 76.4 Å². The molecule has 1 aromatic rings. The molecule has 0 aliphatic carbocycles. The minimum absolute atomic E-state index is 0.233. The van der Waals surface area contributed by atoms with Crippen molar-refractivity contribution in [3.63, 3.8) is 0 Å². The second-order valence-corrected chi connectivity index (χ2v) is 8.63. The Morgan fingerprint density at radius 1 is 1.10 bits per heavy atom. The van der Waals surface area contributed by atoms with Crippen molar-refractivity contribution in [2.45, 2.75) is 8.35 Å². The molecule has 10 heavy (non-hydrogen) atoms. The molecule has 0 heterocycles. The van der Waals surface area contributed by atoms with Crippen LogP contribution in [0.4, 0.5) is 0 Å². The van der Waals surface area contributed by atoms with Gasteiger partial charge in [-0.25, -0.2) is 0 Å². The lowest BCUT2D eigenvalue weighted by Gasteiger charge is -2.13.